The molecule has 9 aromatic heterocycles. The molecule has 0 saturated heterocycles. The summed E-state index contributed by atoms with van der Waals surface area (Å²) in [6, 6.07) is 140. The van der Waals surface area contributed by atoms with Gasteiger partial charge in [0.25, 0.3) is 0 Å². The quantitative estimate of drug-likeness (QED) is 0.150. The highest BCUT2D eigenvalue weighted by atomic mass is 16.3. The smallest absolute Gasteiger partial charge is 0.137 e. The van der Waals surface area contributed by atoms with Crippen LogP contribution in [0.1, 0.15) is 25.0 Å². The molecule has 0 radical (unpaired) electrons. The number of hydrogen-bond acceptors (Lipinski definition) is 6. The molecule has 0 fully saturated rings. The fourth-order valence-corrected chi connectivity index (χ4v) is 19.9. The molecule has 1 aliphatic carbocycles. The van der Waals surface area contributed by atoms with Crippen LogP contribution in [0, 0.1) is 0 Å². The van der Waals surface area contributed by atoms with Crippen LogP contribution in [-0.2, 0) is 5.41 Å². The number of benzene rings is 17. The second kappa shape index (κ2) is 28.3. The van der Waals surface area contributed by atoms with Crippen LogP contribution in [0.15, 0.2) is 426 Å². The van der Waals surface area contributed by atoms with Crippen molar-refractivity contribution in [3.8, 4) is 84.2 Å². The summed E-state index contributed by atoms with van der Waals surface area (Å²) in [6.07, 6.45) is 5.70. The first-order valence-electron chi connectivity index (χ1n) is 42.6. The largest absolute Gasteiger partial charge is 0.456 e. The van der Waals surface area contributed by atoms with Crippen molar-refractivity contribution in [3.05, 3.63) is 424 Å². The highest BCUT2D eigenvalue weighted by Gasteiger charge is 2.37. The van der Waals surface area contributed by atoms with Crippen molar-refractivity contribution >= 4 is 153 Å². The van der Waals surface area contributed by atoms with Crippen molar-refractivity contribution in [2.45, 2.75) is 19.3 Å². The summed E-state index contributed by atoms with van der Waals surface area (Å²) in [5.41, 5.74) is 30.4. The Morgan fingerprint density at radius 2 is 0.664 bits per heavy atom. The van der Waals surface area contributed by atoms with Gasteiger partial charge in [0.1, 0.15) is 45.1 Å². The molecule has 9 nitrogen and oxygen atoms in total. The Hall–Kier alpha value is -16.5. The number of hydrogen-bond donors (Lipinski definition) is 0. The number of pyridine rings is 3. The molecule has 0 bridgehead atoms. The fraction of sp³-hybridized carbons (Fsp3) is 0.0259. The highest BCUT2D eigenvalue weighted by molar-refractivity contribution is 6.23. The van der Waals surface area contributed by atoms with E-state index in [-0.39, 0.29) is 5.41 Å². The van der Waals surface area contributed by atoms with Crippen LogP contribution in [0.5, 0.6) is 0 Å². The van der Waals surface area contributed by atoms with E-state index in [1.807, 2.05) is 79.3 Å². The molecule has 17 aromatic carbocycles. The van der Waals surface area contributed by atoms with Gasteiger partial charge in [-0.25, -0.2) is 9.97 Å². The summed E-state index contributed by atoms with van der Waals surface area (Å²) in [6.45, 7) is 4.70. The summed E-state index contributed by atoms with van der Waals surface area (Å²) in [5, 5.41) is 19.2. The number of aromatic nitrogens is 6. The van der Waals surface area contributed by atoms with Gasteiger partial charge >= 0.3 is 0 Å². The lowest BCUT2D eigenvalue weighted by Gasteiger charge is -2.23. The van der Waals surface area contributed by atoms with Gasteiger partial charge in [-0.3, -0.25) is 14.1 Å². The molecule has 0 N–H and O–H groups in total. The van der Waals surface area contributed by atoms with Crippen LogP contribution in [-0.4, -0.2) is 28.7 Å². The number of rotatable bonds is 8. The third-order valence-electron chi connectivity index (χ3n) is 26.0. The van der Waals surface area contributed by atoms with E-state index in [0.29, 0.717) is 0 Å². The van der Waals surface area contributed by atoms with E-state index in [1.165, 1.54) is 132 Å². The van der Waals surface area contributed by atoms with Crippen molar-refractivity contribution in [3.63, 3.8) is 0 Å². The average Bonchev–Trinajstić information content (AvgIpc) is 1.56. The van der Waals surface area contributed by atoms with Gasteiger partial charge in [-0.05, 0) is 235 Å². The van der Waals surface area contributed by atoms with Crippen molar-refractivity contribution in [2.75, 3.05) is 0 Å². The molecule has 0 amide bonds. The third-order valence-corrected chi connectivity index (χ3v) is 26.0. The number of fused-ring (bicyclic) bond motifs is 25. The predicted octanol–water partition coefficient (Wildman–Crippen LogP) is 31.2. The first-order valence-corrected chi connectivity index (χ1v) is 42.6. The molecule has 0 atom stereocenters. The molecule has 9 heterocycles. The molecular weight excluding hydrogens is 1530 g/mol. The minimum absolute atomic E-state index is 0.146. The number of nitrogens with zero attached hydrogens (tertiary/aromatic N) is 6. The molecule has 0 spiro atoms. The lowest BCUT2D eigenvalue weighted by molar-refractivity contribution is 0.660. The normalized spacial score (nSPS) is 12.5. The Morgan fingerprint density at radius 1 is 0.232 bits per heavy atom. The minimum atomic E-state index is -0.146. The lowest BCUT2D eigenvalue weighted by Crippen LogP contribution is -2.15. The summed E-state index contributed by atoms with van der Waals surface area (Å²) in [4.78, 5) is 14.3. The van der Waals surface area contributed by atoms with Crippen molar-refractivity contribution in [1.82, 2.24) is 28.7 Å². The van der Waals surface area contributed by atoms with Crippen molar-refractivity contribution in [2.24, 2.45) is 0 Å². The van der Waals surface area contributed by atoms with Crippen LogP contribution >= 0.6 is 0 Å². The lowest BCUT2D eigenvalue weighted by atomic mass is 9.81. The van der Waals surface area contributed by atoms with Crippen LogP contribution in [0.25, 0.3) is 237 Å². The second-order valence-electron chi connectivity index (χ2n) is 33.3. The maximum Gasteiger partial charge on any atom is 0.137 e. The van der Waals surface area contributed by atoms with Crippen molar-refractivity contribution in [1.29, 1.82) is 0 Å². The van der Waals surface area contributed by atoms with E-state index in [9.17, 15) is 0 Å². The van der Waals surface area contributed by atoms with Crippen molar-refractivity contribution < 1.29 is 13.3 Å². The molecule has 0 saturated carbocycles. The van der Waals surface area contributed by atoms with Gasteiger partial charge in [0.2, 0.25) is 0 Å². The monoisotopic (exact) mass is 1600 g/mol. The van der Waals surface area contributed by atoms with Gasteiger partial charge in [-0.1, -0.05) is 250 Å². The molecule has 0 unspecified atom stereocenters. The summed E-state index contributed by atoms with van der Waals surface area (Å²) >= 11 is 0. The zero-order chi connectivity index (χ0) is 82.5. The van der Waals surface area contributed by atoms with E-state index in [4.69, 9.17) is 23.2 Å². The first kappa shape index (κ1) is 71.4. The van der Waals surface area contributed by atoms with E-state index < -0.39 is 0 Å². The molecule has 9 heteroatoms. The van der Waals surface area contributed by atoms with Crippen LogP contribution in [0.4, 0.5) is 0 Å². The molecule has 125 heavy (non-hydrogen) atoms. The third kappa shape index (κ3) is 11.6. The van der Waals surface area contributed by atoms with Gasteiger partial charge in [0, 0.05) is 111 Å². The van der Waals surface area contributed by atoms with Crippen LogP contribution in [0.2, 0.25) is 0 Å². The van der Waals surface area contributed by atoms with Gasteiger partial charge in [-0.2, -0.15) is 0 Å². The van der Waals surface area contributed by atoms with Gasteiger partial charge < -0.3 is 17.8 Å². The predicted molar refractivity (Wildman–Crippen MR) is 517 cm³/mol. The van der Waals surface area contributed by atoms with E-state index in [0.717, 1.165) is 116 Å². The second-order valence-corrected chi connectivity index (χ2v) is 33.3. The fourth-order valence-electron chi connectivity index (χ4n) is 19.9. The summed E-state index contributed by atoms with van der Waals surface area (Å²) in [5.74, 6) is 1.83. The molecule has 1 aliphatic rings. The topological polar surface area (TPSA) is 92.9 Å². The Balaban J connectivity index is 0.000000103. The number of furan rings is 3. The summed E-state index contributed by atoms with van der Waals surface area (Å²) in [7, 11) is 0. The Labute approximate surface area is 717 Å². The van der Waals surface area contributed by atoms with Crippen LogP contribution in [0.3, 0.4) is 0 Å². The molecule has 0 aliphatic heterocycles. The zero-order valence-electron chi connectivity index (χ0n) is 68.2. The van der Waals surface area contributed by atoms with Gasteiger partial charge in [-0.15, -0.1) is 0 Å². The van der Waals surface area contributed by atoms with E-state index in [2.05, 4.69) is 366 Å². The minimum Gasteiger partial charge on any atom is -0.456 e. The highest BCUT2D eigenvalue weighted by Crippen LogP contribution is 2.52. The summed E-state index contributed by atoms with van der Waals surface area (Å²) < 4.78 is 25.3. The Kier molecular flexibility index (Phi) is 16.2. The maximum absolute atomic E-state index is 6.11. The molecule has 26 aromatic rings. The zero-order valence-corrected chi connectivity index (χ0v) is 68.2. The Bertz CT molecular complexity index is 8890. The van der Waals surface area contributed by atoms with E-state index >= 15 is 0 Å². The van der Waals surface area contributed by atoms with E-state index in [1.54, 1.807) is 0 Å². The molecular formula is C116H74N6O3. The van der Waals surface area contributed by atoms with Gasteiger partial charge in [0.15, 0.2) is 0 Å². The first-order chi connectivity index (χ1) is 61.7. The number of para-hydroxylation sites is 4. The SMILES string of the molecule is CC1(C)c2cc(-c3ccccn3)ccc2-c2ccc(-n3c4ccccc4c4cc(-c5ccc6oc7ccccc7c6c5)ccc43)cc21.c1ccc(-c2ccc(-n3c4ccc(-c5ccc6oc7ccccc7c6c5)cc4c4ccc5ccccc5c43)nc2)cc1.c1ccc(-n2c3ccc(-c4ccc5oc6ccccc6c5c4)cc3c3c4ccccc4ccc32)nc1. The molecule has 27 rings (SSSR count). The maximum atomic E-state index is 6.11. The average molecular weight is 1600 g/mol. The van der Waals surface area contributed by atoms with Gasteiger partial charge in [0.05, 0.1) is 38.8 Å². The molecule has 586 valence electrons. The Morgan fingerprint density at radius 3 is 1.26 bits per heavy atom. The standard InChI is InChI=1S/C44H30N2O.C39H24N2O.C33H20N2O/c1-44(2)37-25-29(39-11-7-8-22-45-39)14-18-31(37)32-19-17-30(26-38(32)44)46-40-12-5-3-9-33(40)35-23-27(15-20-41(35)46)28-16-21-43-36(24-28)34-10-4-6-13-42(34)47-43;1-2-8-25(9-3-1)29-17-21-38(40-24-29)41-35-19-15-27(22-33(35)32-18-14-26-10-4-5-11-30(26)39(32)41)28-16-20-37-34(23-28)31-12-6-7-13-36(31)42-37;1-2-8-24-21(7-1)12-16-29-33(24)27-20-22(13-15-28(27)35(29)32-11-5-6-18-34-32)23-14-17-31-26(19-23)25-9-3-4-10-30(25)36-31/h3-26H,1-2H3;1-24H;1-20H. The van der Waals surface area contributed by atoms with Crippen LogP contribution < -0.4 is 0 Å².